The molecule has 0 amide bonds. The number of hydrogen-bond acceptors (Lipinski definition) is 4. The van der Waals surface area contributed by atoms with Crippen LogP contribution in [0.4, 0.5) is 0 Å². The molecule has 2 rings (SSSR count). The standard InChI is InChI=1S/C21H28O4/c1-17(23-16-19(3)25-21-12-8-5-9-13-21)14-22-18(2)15-24-20-10-6-4-7-11-20/h4-13,17-19H,14-16H2,1-3H3. The van der Waals surface area contributed by atoms with Gasteiger partial charge in [-0.05, 0) is 45.0 Å². The van der Waals surface area contributed by atoms with Crippen molar-refractivity contribution in [2.24, 2.45) is 0 Å². The van der Waals surface area contributed by atoms with Crippen LogP contribution in [0, 0.1) is 0 Å². The lowest BCUT2D eigenvalue weighted by molar-refractivity contribution is -0.0568. The zero-order chi connectivity index (χ0) is 17.9. The minimum atomic E-state index is -0.0105. The highest BCUT2D eigenvalue weighted by molar-refractivity contribution is 5.21. The lowest BCUT2D eigenvalue weighted by Gasteiger charge is -2.20. The Labute approximate surface area is 150 Å². The Hall–Kier alpha value is -2.04. The molecule has 0 fully saturated rings. The molecule has 0 bridgehead atoms. The van der Waals surface area contributed by atoms with Crippen molar-refractivity contribution >= 4 is 0 Å². The summed E-state index contributed by atoms with van der Waals surface area (Å²) < 4.78 is 23.1. The van der Waals surface area contributed by atoms with Crippen molar-refractivity contribution in [2.75, 3.05) is 19.8 Å². The third kappa shape index (κ3) is 8.05. The summed E-state index contributed by atoms with van der Waals surface area (Å²) in [4.78, 5) is 0. The highest BCUT2D eigenvalue weighted by atomic mass is 16.6. The fourth-order valence-corrected chi connectivity index (χ4v) is 2.19. The molecule has 2 aromatic rings. The normalized spacial score (nSPS) is 14.5. The first-order valence-corrected chi connectivity index (χ1v) is 8.76. The molecule has 2 aromatic carbocycles. The van der Waals surface area contributed by atoms with Crippen LogP contribution in [0.25, 0.3) is 0 Å². The highest BCUT2D eigenvalue weighted by Gasteiger charge is 2.11. The van der Waals surface area contributed by atoms with Crippen LogP contribution in [0.5, 0.6) is 11.5 Å². The summed E-state index contributed by atoms with van der Waals surface area (Å²) in [6.07, 6.45) is -0.00562. The van der Waals surface area contributed by atoms with Gasteiger partial charge in [-0.2, -0.15) is 0 Å². The topological polar surface area (TPSA) is 36.9 Å². The van der Waals surface area contributed by atoms with Gasteiger partial charge in [0.25, 0.3) is 0 Å². The van der Waals surface area contributed by atoms with Crippen LogP contribution in [0.1, 0.15) is 20.8 Å². The van der Waals surface area contributed by atoms with Gasteiger partial charge in [-0.3, -0.25) is 0 Å². The van der Waals surface area contributed by atoms with E-state index < -0.39 is 0 Å². The van der Waals surface area contributed by atoms with Crippen molar-refractivity contribution in [2.45, 2.75) is 39.1 Å². The first kappa shape index (κ1) is 19.3. The van der Waals surface area contributed by atoms with Crippen molar-refractivity contribution in [1.29, 1.82) is 0 Å². The monoisotopic (exact) mass is 344 g/mol. The number of rotatable bonds is 11. The van der Waals surface area contributed by atoms with Crippen molar-refractivity contribution < 1.29 is 18.9 Å². The first-order chi connectivity index (χ1) is 12.1. The number of hydrogen-bond donors (Lipinski definition) is 0. The molecule has 4 heteroatoms. The SMILES string of the molecule is CC(COc1ccccc1)OCC(C)OCC(C)Oc1ccccc1. The van der Waals surface area contributed by atoms with E-state index in [0.717, 1.165) is 11.5 Å². The molecular weight excluding hydrogens is 316 g/mol. The maximum atomic E-state index is 5.80. The average Bonchev–Trinajstić information content (AvgIpc) is 2.64. The zero-order valence-electron chi connectivity index (χ0n) is 15.3. The van der Waals surface area contributed by atoms with E-state index in [-0.39, 0.29) is 18.3 Å². The summed E-state index contributed by atoms with van der Waals surface area (Å²) in [6.45, 7) is 7.56. The van der Waals surface area contributed by atoms with E-state index in [9.17, 15) is 0 Å². The van der Waals surface area contributed by atoms with Crippen LogP contribution >= 0.6 is 0 Å². The molecule has 0 aliphatic rings. The van der Waals surface area contributed by atoms with E-state index in [1.54, 1.807) is 0 Å². The van der Waals surface area contributed by atoms with E-state index in [2.05, 4.69) is 0 Å². The van der Waals surface area contributed by atoms with Crippen LogP contribution in [0.15, 0.2) is 60.7 Å². The lowest BCUT2D eigenvalue weighted by Crippen LogP contribution is -2.28. The van der Waals surface area contributed by atoms with Crippen LogP contribution in [-0.4, -0.2) is 38.1 Å². The summed E-state index contributed by atoms with van der Waals surface area (Å²) in [7, 11) is 0. The van der Waals surface area contributed by atoms with Gasteiger partial charge < -0.3 is 18.9 Å². The Morgan fingerprint density at radius 3 is 1.68 bits per heavy atom. The van der Waals surface area contributed by atoms with Crippen LogP contribution in [-0.2, 0) is 9.47 Å². The molecule has 0 heterocycles. The van der Waals surface area contributed by atoms with Crippen molar-refractivity contribution in [3.63, 3.8) is 0 Å². The third-order valence-corrected chi connectivity index (χ3v) is 3.54. The van der Waals surface area contributed by atoms with Gasteiger partial charge in [0, 0.05) is 0 Å². The van der Waals surface area contributed by atoms with E-state index in [0.29, 0.717) is 19.8 Å². The van der Waals surface area contributed by atoms with Crippen molar-refractivity contribution in [3.8, 4) is 11.5 Å². The maximum absolute atomic E-state index is 5.80. The van der Waals surface area contributed by atoms with E-state index in [4.69, 9.17) is 18.9 Å². The molecule has 0 aliphatic heterocycles. The Bertz CT molecular complexity index is 573. The second-order valence-electron chi connectivity index (χ2n) is 6.15. The molecule has 25 heavy (non-hydrogen) atoms. The molecule has 0 radical (unpaired) electrons. The fourth-order valence-electron chi connectivity index (χ4n) is 2.19. The lowest BCUT2D eigenvalue weighted by atomic mass is 10.3. The van der Waals surface area contributed by atoms with Gasteiger partial charge in [0.05, 0.1) is 25.4 Å². The van der Waals surface area contributed by atoms with E-state index in [1.807, 2.05) is 81.4 Å². The zero-order valence-corrected chi connectivity index (χ0v) is 15.3. The van der Waals surface area contributed by atoms with Gasteiger partial charge in [0.15, 0.2) is 0 Å². The summed E-state index contributed by atoms with van der Waals surface area (Å²) in [6, 6.07) is 19.5. The van der Waals surface area contributed by atoms with Gasteiger partial charge >= 0.3 is 0 Å². The van der Waals surface area contributed by atoms with Gasteiger partial charge in [-0.1, -0.05) is 36.4 Å². The summed E-state index contributed by atoms with van der Waals surface area (Å²) in [5.74, 6) is 1.71. The van der Waals surface area contributed by atoms with Crippen LogP contribution in [0.2, 0.25) is 0 Å². The minimum Gasteiger partial charge on any atom is -0.491 e. The van der Waals surface area contributed by atoms with E-state index in [1.165, 1.54) is 0 Å². The number of ether oxygens (including phenoxy) is 4. The average molecular weight is 344 g/mol. The largest absolute Gasteiger partial charge is 0.491 e. The second kappa shape index (κ2) is 10.7. The van der Waals surface area contributed by atoms with Gasteiger partial charge in [0.1, 0.15) is 24.2 Å². The van der Waals surface area contributed by atoms with Gasteiger partial charge in [-0.15, -0.1) is 0 Å². The minimum absolute atomic E-state index is 0.000925. The molecule has 4 nitrogen and oxygen atoms in total. The number of para-hydroxylation sites is 2. The van der Waals surface area contributed by atoms with Gasteiger partial charge in [0.2, 0.25) is 0 Å². The molecule has 0 aromatic heterocycles. The predicted molar refractivity (Wildman–Crippen MR) is 99.3 cm³/mol. The van der Waals surface area contributed by atoms with Crippen molar-refractivity contribution in [3.05, 3.63) is 60.7 Å². The van der Waals surface area contributed by atoms with Gasteiger partial charge in [-0.25, -0.2) is 0 Å². The highest BCUT2D eigenvalue weighted by Crippen LogP contribution is 2.12. The molecular formula is C21H28O4. The number of benzene rings is 2. The molecule has 136 valence electrons. The molecule has 0 aliphatic carbocycles. The molecule has 0 N–H and O–H groups in total. The van der Waals surface area contributed by atoms with Crippen LogP contribution < -0.4 is 9.47 Å². The summed E-state index contributed by atoms with van der Waals surface area (Å²) in [5.41, 5.74) is 0. The smallest absolute Gasteiger partial charge is 0.119 e. The molecule has 3 atom stereocenters. The Morgan fingerprint density at radius 2 is 1.08 bits per heavy atom. The Kier molecular flexibility index (Phi) is 8.29. The third-order valence-electron chi connectivity index (χ3n) is 3.54. The molecule has 0 spiro atoms. The Balaban J connectivity index is 1.57. The quantitative estimate of drug-likeness (QED) is 0.607. The first-order valence-electron chi connectivity index (χ1n) is 8.76. The fraction of sp³-hybridized carbons (Fsp3) is 0.429. The predicted octanol–water partition coefficient (Wildman–Crippen LogP) is 4.34. The van der Waals surface area contributed by atoms with Crippen LogP contribution in [0.3, 0.4) is 0 Å². The Morgan fingerprint density at radius 1 is 0.600 bits per heavy atom. The summed E-state index contributed by atoms with van der Waals surface area (Å²) in [5, 5.41) is 0. The maximum Gasteiger partial charge on any atom is 0.119 e. The van der Waals surface area contributed by atoms with Crippen molar-refractivity contribution in [1.82, 2.24) is 0 Å². The molecule has 3 unspecified atom stereocenters. The molecule has 0 saturated heterocycles. The van der Waals surface area contributed by atoms with E-state index >= 15 is 0 Å². The summed E-state index contributed by atoms with van der Waals surface area (Å²) >= 11 is 0. The second-order valence-corrected chi connectivity index (χ2v) is 6.15. The molecule has 0 saturated carbocycles.